The van der Waals surface area contributed by atoms with Gasteiger partial charge in [0.05, 0.1) is 18.0 Å². The first-order chi connectivity index (χ1) is 8.65. The molecule has 5 N–H and O–H groups in total. The summed E-state index contributed by atoms with van der Waals surface area (Å²) in [4.78, 5) is 12.0. The number of H-pyrrole nitrogens is 1. The molecule has 0 radical (unpaired) electrons. The topological polar surface area (TPSA) is 104 Å². The minimum atomic E-state index is -0.254. The Morgan fingerprint density at radius 2 is 2.28 bits per heavy atom. The summed E-state index contributed by atoms with van der Waals surface area (Å²) in [6.07, 6.45) is 4.16. The van der Waals surface area contributed by atoms with E-state index in [1.165, 1.54) is 0 Å². The first-order valence-corrected chi connectivity index (χ1v) is 6.38. The lowest BCUT2D eigenvalue weighted by Gasteiger charge is -2.11. The maximum absolute atomic E-state index is 12.0. The van der Waals surface area contributed by atoms with E-state index in [1.54, 1.807) is 0 Å². The molecule has 3 rings (SSSR count). The number of hydrogen-bond acceptors (Lipinski definition) is 4. The second kappa shape index (κ2) is 3.98. The molecule has 0 atom stereocenters. The normalized spacial score (nSPS) is 20.7. The van der Waals surface area contributed by atoms with Gasteiger partial charge in [0.2, 0.25) is 0 Å². The third-order valence-electron chi connectivity index (χ3n) is 3.95. The monoisotopic (exact) mass is 250 g/mol. The van der Waals surface area contributed by atoms with Crippen molar-refractivity contribution in [3.63, 3.8) is 0 Å². The summed E-state index contributed by atoms with van der Waals surface area (Å²) in [7, 11) is 0. The van der Waals surface area contributed by atoms with Crippen molar-refractivity contribution < 1.29 is 9.90 Å². The van der Waals surface area contributed by atoms with E-state index in [2.05, 4.69) is 15.5 Å². The first kappa shape index (κ1) is 11.5. The fourth-order valence-corrected chi connectivity index (χ4v) is 2.14. The highest BCUT2D eigenvalue weighted by molar-refractivity contribution is 5.97. The van der Waals surface area contributed by atoms with E-state index in [0.717, 1.165) is 31.4 Å². The Labute approximate surface area is 105 Å². The second-order valence-electron chi connectivity index (χ2n) is 5.51. The minimum Gasteiger partial charge on any atom is -0.396 e. The summed E-state index contributed by atoms with van der Waals surface area (Å²) in [5.41, 5.74) is 7.48. The predicted molar refractivity (Wildman–Crippen MR) is 66.1 cm³/mol. The van der Waals surface area contributed by atoms with Gasteiger partial charge in [0.1, 0.15) is 0 Å². The molecule has 6 heteroatoms. The summed E-state index contributed by atoms with van der Waals surface area (Å²) < 4.78 is 0. The number of hydrogen-bond donors (Lipinski definition) is 4. The van der Waals surface area contributed by atoms with Gasteiger partial charge in [0.25, 0.3) is 5.91 Å². The number of anilines is 1. The Kier molecular flexibility index (Phi) is 2.55. The van der Waals surface area contributed by atoms with Crippen molar-refractivity contribution in [2.45, 2.75) is 31.6 Å². The average Bonchev–Trinajstić information content (AvgIpc) is 3.28. The molecule has 98 valence electrons. The van der Waals surface area contributed by atoms with Crippen LogP contribution >= 0.6 is 0 Å². The van der Waals surface area contributed by atoms with Gasteiger partial charge in [-0.2, -0.15) is 5.10 Å². The Balaban J connectivity index is 1.65. The van der Waals surface area contributed by atoms with Gasteiger partial charge >= 0.3 is 0 Å². The van der Waals surface area contributed by atoms with E-state index in [0.29, 0.717) is 18.2 Å². The number of aliphatic hydroxyl groups is 1. The summed E-state index contributed by atoms with van der Waals surface area (Å²) in [5.74, 6) is 0.196. The lowest BCUT2D eigenvalue weighted by molar-refractivity contribution is 0.0931. The molecule has 2 saturated carbocycles. The molecule has 0 aromatic carbocycles. The van der Waals surface area contributed by atoms with Crippen molar-refractivity contribution in [2.24, 2.45) is 5.41 Å². The maximum atomic E-state index is 12.0. The Morgan fingerprint density at radius 1 is 1.56 bits per heavy atom. The van der Waals surface area contributed by atoms with Crippen molar-refractivity contribution in [2.75, 3.05) is 18.9 Å². The summed E-state index contributed by atoms with van der Waals surface area (Å²) >= 11 is 0. The van der Waals surface area contributed by atoms with Crippen LogP contribution < -0.4 is 11.1 Å². The maximum Gasteiger partial charge on any atom is 0.273 e. The van der Waals surface area contributed by atoms with Crippen molar-refractivity contribution in [1.29, 1.82) is 0 Å². The molecule has 6 nitrogen and oxygen atoms in total. The van der Waals surface area contributed by atoms with E-state index in [9.17, 15) is 9.90 Å². The number of aromatic nitrogens is 2. The van der Waals surface area contributed by atoms with Crippen LogP contribution in [0.5, 0.6) is 0 Å². The Morgan fingerprint density at radius 3 is 2.83 bits per heavy atom. The zero-order valence-corrected chi connectivity index (χ0v) is 10.2. The fourth-order valence-electron chi connectivity index (χ4n) is 2.14. The number of aliphatic hydroxyl groups excluding tert-OH is 1. The van der Waals surface area contributed by atoms with Crippen LogP contribution in [0.15, 0.2) is 0 Å². The van der Waals surface area contributed by atoms with Crippen LogP contribution in [0.4, 0.5) is 5.69 Å². The van der Waals surface area contributed by atoms with Crippen LogP contribution in [-0.2, 0) is 0 Å². The number of nitrogen functional groups attached to an aromatic ring is 1. The van der Waals surface area contributed by atoms with E-state index in [4.69, 9.17) is 5.73 Å². The third kappa shape index (κ3) is 1.96. The number of nitrogens with one attached hydrogen (secondary N) is 2. The largest absolute Gasteiger partial charge is 0.396 e. The molecule has 1 aromatic heterocycles. The standard InChI is InChI=1S/C12H18N4O2/c13-8-9(7-1-2-7)15-16-10(8)11(18)14-5-12(6-17)3-4-12/h7,17H,1-6,13H2,(H,14,18)(H,15,16). The van der Waals surface area contributed by atoms with E-state index in [1.807, 2.05) is 0 Å². The minimum absolute atomic E-state index is 0.0972. The van der Waals surface area contributed by atoms with Crippen molar-refractivity contribution in [3.8, 4) is 0 Å². The van der Waals surface area contributed by atoms with Crippen LogP contribution in [0.2, 0.25) is 0 Å². The van der Waals surface area contributed by atoms with Gasteiger partial charge in [-0.3, -0.25) is 9.89 Å². The Hall–Kier alpha value is -1.56. The number of carbonyl (C=O) groups is 1. The van der Waals surface area contributed by atoms with Gasteiger partial charge in [-0.15, -0.1) is 0 Å². The van der Waals surface area contributed by atoms with E-state index >= 15 is 0 Å². The number of nitrogens with two attached hydrogens (primary N) is 1. The molecule has 1 heterocycles. The summed E-state index contributed by atoms with van der Waals surface area (Å²) in [6, 6.07) is 0. The lowest BCUT2D eigenvalue weighted by atomic mass is 10.1. The van der Waals surface area contributed by atoms with Crippen LogP contribution in [0.1, 0.15) is 47.8 Å². The van der Waals surface area contributed by atoms with Gasteiger partial charge in [-0.25, -0.2) is 0 Å². The van der Waals surface area contributed by atoms with Crippen LogP contribution in [0.3, 0.4) is 0 Å². The predicted octanol–water partition coefficient (Wildman–Crippen LogP) is 0.372. The zero-order valence-electron chi connectivity index (χ0n) is 10.2. The quantitative estimate of drug-likeness (QED) is 0.606. The van der Waals surface area contributed by atoms with E-state index in [-0.39, 0.29) is 23.6 Å². The number of nitrogens with zero attached hydrogens (tertiary/aromatic N) is 1. The number of amides is 1. The number of carbonyl (C=O) groups excluding carboxylic acids is 1. The molecule has 0 saturated heterocycles. The van der Waals surface area contributed by atoms with Crippen LogP contribution in [-0.4, -0.2) is 34.4 Å². The fraction of sp³-hybridized carbons (Fsp3) is 0.667. The Bertz CT molecular complexity index is 474. The molecule has 1 aromatic rings. The molecule has 2 fully saturated rings. The SMILES string of the molecule is Nc1c(C(=O)NCC2(CO)CC2)n[nH]c1C1CC1. The molecular formula is C12H18N4O2. The lowest BCUT2D eigenvalue weighted by Crippen LogP contribution is -2.32. The van der Waals surface area contributed by atoms with Crippen LogP contribution in [0, 0.1) is 5.41 Å². The molecule has 0 unspecified atom stereocenters. The third-order valence-corrected chi connectivity index (χ3v) is 3.95. The molecule has 0 aliphatic heterocycles. The van der Waals surface area contributed by atoms with Gasteiger partial charge < -0.3 is 16.2 Å². The van der Waals surface area contributed by atoms with Gasteiger partial charge in [-0.05, 0) is 25.7 Å². The second-order valence-corrected chi connectivity index (χ2v) is 5.51. The van der Waals surface area contributed by atoms with Gasteiger partial charge in [-0.1, -0.05) is 0 Å². The van der Waals surface area contributed by atoms with Crippen molar-refractivity contribution >= 4 is 11.6 Å². The van der Waals surface area contributed by atoms with Gasteiger partial charge in [0.15, 0.2) is 5.69 Å². The molecule has 0 spiro atoms. The number of aromatic amines is 1. The van der Waals surface area contributed by atoms with Crippen molar-refractivity contribution in [3.05, 3.63) is 11.4 Å². The summed E-state index contributed by atoms with van der Waals surface area (Å²) in [6.45, 7) is 0.615. The van der Waals surface area contributed by atoms with E-state index < -0.39 is 0 Å². The highest BCUT2D eigenvalue weighted by atomic mass is 16.3. The van der Waals surface area contributed by atoms with Crippen molar-refractivity contribution in [1.82, 2.24) is 15.5 Å². The highest BCUT2D eigenvalue weighted by Gasteiger charge is 2.42. The number of rotatable bonds is 5. The molecule has 2 aliphatic carbocycles. The molecular weight excluding hydrogens is 232 g/mol. The molecule has 18 heavy (non-hydrogen) atoms. The molecule has 0 bridgehead atoms. The average molecular weight is 250 g/mol. The van der Waals surface area contributed by atoms with Gasteiger partial charge in [0, 0.05) is 17.9 Å². The van der Waals surface area contributed by atoms with Crippen LogP contribution in [0.25, 0.3) is 0 Å². The molecule has 1 amide bonds. The summed E-state index contributed by atoms with van der Waals surface area (Å²) in [5, 5.41) is 18.8. The zero-order chi connectivity index (χ0) is 12.8. The highest BCUT2D eigenvalue weighted by Crippen LogP contribution is 2.44. The first-order valence-electron chi connectivity index (χ1n) is 6.38. The molecule has 2 aliphatic rings. The smallest absolute Gasteiger partial charge is 0.273 e.